The van der Waals surface area contributed by atoms with Crippen LogP contribution in [0.15, 0.2) is 95.4 Å². The number of rotatable bonds is 6. The van der Waals surface area contributed by atoms with Crippen molar-refractivity contribution in [1.29, 1.82) is 0 Å². The van der Waals surface area contributed by atoms with Gasteiger partial charge in [-0.15, -0.1) is 10.2 Å². The topological polar surface area (TPSA) is 57.4 Å². The van der Waals surface area contributed by atoms with Crippen molar-refractivity contribution < 1.29 is 27.1 Å². The van der Waals surface area contributed by atoms with Crippen molar-refractivity contribution in [3.63, 3.8) is 0 Å². The summed E-state index contributed by atoms with van der Waals surface area (Å²) in [5, 5.41) is 8.92. The Hall–Kier alpha value is -4.59. The molecular weight excluding hydrogens is 481 g/mol. The highest BCUT2D eigenvalue weighted by Gasteiger charge is 2.30. The Bertz CT molecular complexity index is 1530. The van der Waals surface area contributed by atoms with E-state index in [0.717, 1.165) is 23.3 Å². The first kappa shape index (κ1) is 24.1. The normalized spacial score (nSPS) is 11.4. The largest absolute Gasteiger partial charge is 0.497 e. The number of nitrogens with zero attached hydrogens (tertiary/aromatic N) is 2. The molecule has 0 aliphatic heterocycles. The highest BCUT2D eigenvalue weighted by molar-refractivity contribution is 5.82. The summed E-state index contributed by atoms with van der Waals surface area (Å²) in [4.78, 5) is 0. The van der Waals surface area contributed by atoms with Crippen LogP contribution in [-0.4, -0.2) is 24.4 Å². The molecule has 0 unspecified atom stereocenters. The Labute approximate surface area is 211 Å². The number of hydrogen-bond donors (Lipinski definition) is 0. The third-order valence-electron chi connectivity index (χ3n) is 5.89. The van der Waals surface area contributed by atoms with Gasteiger partial charge in [0.25, 0.3) is 0 Å². The number of furan rings is 1. The molecule has 0 amide bonds. The molecule has 5 nitrogen and oxygen atoms in total. The maximum absolute atomic E-state index is 13.2. The average molecular weight is 502 g/mol. The zero-order valence-corrected chi connectivity index (χ0v) is 19.9. The van der Waals surface area contributed by atoms with Crippen molar-refractivity contribution in [2.24, 2.45) is 0 Å². The van der Waals surface area contributed by atoms with Gasteiger partial charge < -0.3 is 13.9 Å². The summed E-state index contributed by atoms with van der Waals surface area (Å²) < 4.78 is 56.3. The van der Waals surface area contributed by atoms with E-state index < -0.39 is 11.7 Å². The van der Waals surface area contributed by atoms with Crippen LogP contribution in [0.5, 0.6) is 11.5 Å². The van der Waals surface area contributed by atoms with Crippen molar-refractivity contribution >= 4 is 0 Å². The van der Waals surface area contributed by atoms with Crippen LogP contribution >= 0.6 is 0 Å². The van der Waals surface area contributed by atoms with Gasteiger partial charge in [0.05, 0.1) is 25.5 Å². The maximum Gasteiger partial charge on any atom is 0.416 e. The highest BCUT2D eigenvalue weighted by atomic mass is 19.4. The fraction of sp³-hybridized carbons (Fsp3) is 0.103. The van der Waals surface area contributed by atoms with E-state index >= 15 is 0 Å². The molecule has 0 radical (unpaired) electrons. The molecule has 3 aromatic carbocycles. The van der Waals surface area contributed by atoms with E-state index in [2.05, 4.69) is 10.2 Å². The molecule has 8 heteroatoms. The molecule has 2 aromatic heterocycles. The van der Waals surface area contributed by atoms with Crippen LogP contribution in [0.1, 0.15) is 5.56 Å². The molecule has 0 atom stereocenters. The van der Waals surface area contributed by atoms with Gasteiger partial charge in [-0.1, -0.05) is 12.1 Å². The Morgan fingerprint density at radius 2 is 1.27 bits per heavy atom. The van der Waals surface area contributed by atoms with Gasteiger partial charge in [0, 0.05) is 22.3 Å². The summed E-state index contributed by atoms with van der Waals surface area (Å²) in [6.45, 7) is 0. The third kappa shape index (κ3) is 5.04. The molecule has 0 spiro atoms. The number of benzene rings is 3. The van der Waals surface area contributed by atoms with Crippen LogP contribution < -0.4 is 9.47 Å². The second kappa shape index (κ2) is 9.81. The van der Waals surface area contributed by atoms with Crippen LogP contribution in [-0.2, 0) is 6.18 Å². The van der Waals surface area contributed by atoms with Gasteiger partial charge >= 0.3 is 6.18 Å². The lowest BCUT2D eigenvalue weighted by Crippen LogP contribution is -2.04. The zero-order valence-electron chi connectivity index (χ0n) is 19.9. The van der Waals surface area contributed by atoms with Crippen molar-refractivity contribution in [2.45, 2.75) is 6.18 Å². The van der Waals surface area contributed by atoms with E-state index in [-0.39, 0.29) is 0 Å². The molecule has 2 heterocycles. The minimum atomic E-state index is -4.45. The Morgan fingerprint density at radius 1 is 0.649 bits per heavy atom. The molecule has 5 rings (SSSR count). The lowest BCUT2D eigenvalue weighted by atomic mass is 10.0. The molecule has 5 aromatic rings. The number of halogens is 3. The Morgan fingerprint density at radius 3 is 1.89 bits per heavy atom. The van der Waals surface area contributed by atoms with E-state index in [0.29, 0.717) is 45.5 Å². The molecule has 0 saturated carbocycles. The van der Waals surface area contributed by atoms with Crippen LogP contribution in [0.2, 0.25) is 0 Å². The Balaban J connectivity index is 1.61. The minimum Gasteiger partial charge on any atom is -0.497 e. The van der Waals surface area contributed by atoms with Gasteiger partial charge in [-0.05, 0) is 78.9 Å². The molecule has 37 heavy (non-hydrogen) atoms. The summed E-state index contributed by atoms with van der Waals surface area (Å²) in [6, 6.07) is 25.0. The quantitative estimate of drug-likeness (QED) is 0.237. The zero-order chi connectivity index (χ0) is 26.0. The summed E-state index contributed by atoms with van der Waals surface area (Å²) in [7, 11) is 3.18. The first-order valence-corrected chi connectivity index (χ1v) is 11.3. The van der Waals surface area contributed by atoms with Crippen molar-refractivity contribution in [1.82, 2.24) is 10.2 Å². The predicted molar refractivity (Wildman–Crippen MR) is 134 cm³/mol. The van der Waals surface area contributed by atoms with Gasteiger partial charge in [-0.25, -0.2) is 0 Å². The van der Waals surface area contributed by atoms with Gasteiger partial charge in [-0.2, -0.15) is 13.2 Å². The number of ether oxygens (including phenoxy) is 2. The van der Waals surface area contributed by atoms with Crippen LogP contribution in [0.3, 0.4) is 0 Å². The number of aromatic nitrogens is 2. The van der Waals surface area contributed by atoms with Crippen LogP contribution in [0, 0.1) is 0 Å². The number of methoxy groups -OCH3 is 2. The minimum absolute atomic E-state index is 0.310. The van der Waals surface area contributed by atoms with Gasteiger partial charge in [0.2, 0.25) is 0 Å². The lowest BCUT2D eigenvalue weighted by molar-refractivity contribution is -0.137. The van der Waals surface area contributed by atoms with Crippen molar-refractivity contribution in [3.8, 4) is 56.7 Å². The van der Waals surface area contributed by atoms with E-state index in [9.17, 15) is 13.2 Å². The first-order chi connectivity index (χ1) is 17.9. The smallest absolute Gasteiger partial charge is 0.416 e. The number of alkyl halides is 3. The van der Waals surface area contributed by atoms with Crippen molar-refractivity contribution in [3.05, 3.63) is 96.6 Å². The highest BCUT2D eigenvalue weighted by Crippen LogP contribution is 2.38. The average Bonchev–Trinajstić information content (AvgIpc) is 3.43. The second-order valence-electron chi connectivity index (χ2n) is 8.19. The summed E-state index contributed by atoms with van der Waals surface area (Å²) in [6.07, 6.45) is -4.45. The second-order valence-corrected chi connectivity index (χ2v) is 8.19. The third-order valence-corrected chi connectivity index (χ3v) is 5.89. The summed E-state index contributed by atoms with van der Waals surface area (Å²) >= 11 is 0. The van der Waals surface area contributed by atoms with Crippen LogP contribution in [0.4, 0.5) is 13.2 Å². The van der Waals surface area contributed by atoms with E-state index in [1.807, 2.05) is 54.6 Å². The molecule has 0 fully saturated rings. The molecule has 0 aliphatic carbocycles. The fourth-order valence-electron chi connectivity index (χ4n) is 3.93. The standard InChI is InChI=1S/C29H21F3N2O3/c1-35-22-10-6-18(7-11-22)25-17-24(28(34-33-25)19-8-12-23(36-2)13-9-19)27-15-14-26(37-27)20-4-3-5-21(16-20)29(30,31)32/h3-17H,1-2H3. The molecule has 0 N–H and O–H groups in total. The van der Waals surface area contributed by atoms with Crippen molar-refractivity contribution in [2.75, 3.05) is 14.2 Å². The van der Waals surface area contributed by atoms with E-state index in [1.54, 1.807) is 32.4 Å². The number of hydrogen-bond acceptors (Lipinski definition) is 5. The fourth-order valence-corrected chi connectivity index (χ4v) is 3.93. The van der Waals surface area contributed by atoms with E-state index in [4.69, 9.17) is 13.9 Å². The summed E-state index contributed by atoms with van der Waals surface area (Å²) in [5.74, 6) is 2.16. The predicted octanol–water partition coefficient (Wildman–Crippen LogP) is 7.77. The molecule has 0 aliphatic rings. The maximum atomic E-state index is 13.2. The monoisotopic (exact) mass is 502 g/mol. The lowest BCUT2D eigenvalue weighted by Gasteiger charge is -2.10. The molecule has 0 saturated heterocycles. The molecule has 186 valence electrons. The van der Waals surface area contributed by atoms with Crippen LogP contribution in [0.25, 0.3) is 45.2 Å². The molecular formula is C29H21F3N2O3. The van der Waals surface area contributed by atoms with Gasteiger partial charge in [0.15, 0.2) is 0 Å². The Kier molecular flexibility index (Phi) is 6.40. The first-order valence-electron chi connectivity index (χ1n) is 11.3. The molecule has 0 bridgehead atoms. The SMILES string of the molecule is COc1ccc(-c2cc(-c3ccc(-c4cccc(C(F)(F)F)c4)o3)c(-c3ccc(OC)cc3)nn2)cc1. The summed E-state index contributed by atoms with van der Waals surface area (Å²) in [5.41, 5.74) is 2.99. The van der Waals surface area contributed by atoms with Gasteiger partial charge in [-0.3, -0.25) is 0 Å². The van der Waals surface area contributed by atoms with Gasteiger partial charge in [0.1, 0.15) is 28.7 Å². The van der Waals surface area contributed by atoms with E-state index in [1.165, 1.54) is 6.07 Å².